The van der Waals surface area contributed by atoms with Gasteiger partial charge in [0, 0.05) is 39.3 Å². The van der Waals surface area contributed by atoms with Gasteiger partial charge in [0.15, 0.2) is 0 Å². The van der Waals surface area contributed by atoms with Crippen molar-refractivity contribution >= 4 is 24.1 Å². The summed E-state index contributed by atoms with van der Waals surface area (Å²) in [6.45, 7) is 25.6. The number of likely N-dealkylation sites (tertiary alicyclic amines) is 2. The number of esters is 2. The van der Waals surface area contributed by atoms with Crippen LogP contribution in [-0.2, 0) is 54.5 Å². The number of benzene rings is 2. The molecule has 2 aromatic rings. The third-order valence-electron chi connectivity index (χ3n) is 9.86. The molecule has 0 saturated carbocycles. The van der Waals surface area contributed by atoms with E-state index in [0.29, 0.717) is 65.0 Å². The first-order valence-corrected chi connectivity index (χ1v) is 20.6. The predicted octanol–water partition coefficient (Wildman–Crippen LogP) is 8.49. The second-order valence-corrected chi connectivity index (χ2v) is 19.9. The van der Waals surface area contributed by atoms with Crippen LogP contribution in [0.25, 0.3) is 0 Å². The standard InChI is InChI=1S/C46H69N3O8/c1-43(2,3)54-39(50)37(35-19-21-48(29-35)41(52)56-45(7,8)9)25-31-15-13-17-33(23-31)27-47-28-34-18-14-16-32(24-34)26-38(40(51)55-44(4,5)6)36-20-22-49(30-36)42(53)57-46(10,11)12/h13-18,23-24,35-38,47H,19-22,25-30H2,1-12H3/t35-,36?,37-,38-/m0/s1. The second kappa shape index (κ2) is 18.6. The van der Waals surface area contributed by atoms with E-state index in [1.54, 1.807) is 9.80 Å². The van der Waals surface area contributed by atoms with E-state index in [9.17, 15) is 19.2 Å². The van der Waals surface area contributed by atoms with Gasteiger partial charge in [0.1, 0.15) is 22.4 Å². The van der Waals surface area contributed by atoms with Crippen molar-refractivity contribution in [1.29, 1.82) is 0 Å². The van der Waals surface area contributed by atoms with Crippen molar-refractivity contribution < 1.29 is 38.1 Å². The van der Waals surface area contributed by atoms with Crippen LogP contribution in [0.1, 0.15) is 118 Å². The van der Waals surface area contributed by atoms with Crippen molar-refractivity contribution in [3.8, 4) is 0 Å². The Morgan fingerprint density at radius 2 is 0.895 bits per heavy atom. The number of rotatable bonds is 12. The van der Waals surface area contributed by atoms with Crippen LogP contribution in [0, 0.1) is 23.7 Å². The van der Waals surface area contributed by atoms with Gasteiger partial charge in [-0.15, -0.1) is 0 Å². The highest BCUT2D eigenvalue weighted by atomic mass is 16.6. The molecule has 2 saturated heterocycles. The molecule has 0 aliphatic carbocycles. The molecule has 1 unspecified atom stereocenters. The predicted molar refractivity (Wildman–Crippen MR) is 221 cm³/mol. The van der Waals surface area contributed by atoms with Crippen molar-refractivity contribution in [2.75, 3.05) is 26.2 Å². The van der Waals surface area contributed by atoms with Crippen molar-refractivity contribution in [1.82, 2.24) is 15.1 Å². The molecular formula is C46H69N3O8. The SMILES string of the molecule is CC(C)(C)OC(=O)[C@@H](Cc1cccc(CNCc2cccc(C[C@H](C(=O)OC(C)(C)C)[C@H]3CCN(C(=O)OC(C)(C)C)C3)c2)c1)C1CCN(C(=O)OC(C)(C)C)C1. The number of carbonyl (C=O) groups is 4. The van der Waals surface area contributed by atoms with Gasteiger partial charge in [0.05, 0.1) is 11.8 Å². The Labute approximate surface area is 341 Å². The van der Waals surface area contributed by atoms with E-state index in [4.69, 9.17) is 18.9 Å². The summed E-state index contributed by atoms with van der Waals surface area (Å²) in [5.74, 6) is -1.40. The topological polar surface area (TPSA) is 124 Å². The molecule has 11 nitrogen and oxygen atoms in total. The maximum absolute atomic E-state index is 13.6. The summed E-state index contributed by atoms with van der Waals surface area (Å²) in [5, 5.41) is 3.57. The van der Waals surface area contributed by atoms with E-state index in [1.165, 1.54) is 0 Å². The minimum Gasteiger partial charge on any atom is -0.460 e. The summed E-state index contributed by atoms with van der Waals surface area (Å²) in [6, 6.07) is 16.5. The zero-order valence-corrected chi connectivity index (χ0v) is 36.7. The fourth-order valence-corrected chi connectivity index (χ4v) is 7.45. The van der Waals surface area contributed by atoms with Gasteiger partial charge in [0.25, 0.3) is 0 Å². The third kappa shape index (κ3) is 15.3. The molecule has 316 valence electrons. The first-order valence-electron chi connectivity index (χ1n) is 20.6. The highest BCUT2D eigenvalue weighted by Gasteiger charge is 2.40. The maximum Gasteiger partial charge on any atom is 0.410 e. The van der Waals surface area contributed by atoms with Gasteiger partial charge in [-0.2, -0.15) is 0 Å². The average Bonchev–Trinajstić information content (AvgIpc) is 3.75. The third-order valence-corrected chi connectivity index (χ3v) is 9.86. The summed E-state index contributed by atoms with van der Waals surface area (Å²) in [4.78, 5) is 56.3. The summed E-state index contributed by atoms with van der Waals surface area (Å²) < 4.78 is 23.0. The molecule has 2 aromatic carbocycles. The van der Waals surface area contributed by atoms with E-state index in [0.717, 1.165) is 22.3 Å². The summed E-state index contributed by atoms with van der Waals surface area (Å²) in [6.07, 6.45) is 1.71. The first kappa shape index (κ1) is 45.6. The van der Waals surface area contributed by atoms with Gasteiger partial charge in [-0.3, -0.25) is 9.59 Å². The largest absolute Gasteiger partial charge is 0.460 e. The maximum atomic E-state index is 13.6. The molecule has 2 fully saturated rings. The van der Waals surface area contributed by atoms with Crippen LogP contribution in [0.4, 0.5) is 9.59 Å². The van der Waals surface area contributed by atoms with Crippen LogP contribution >= 0.6 is 0 Å². The molecule has 57 heavy (non-hydrogen) atoms. The monoisotopic (exact) mass is 792 g/mol. The summed E-state index contributed by atoms with van der Waals surface area (Å²) >= 11 is 0. The van der Waals surface area contributed by atoms with Gasteiger partial charge in [-0.1, -0.05) is 48.5 Å². The van der Waals surface area contributed by atoms with Crippen LogP contribution in [0.2, 0.25) is 0 Å². The minimum atomic E-state index is -0.627. The molecule has 0 bridgehead atoms. The Kier molecular flexibility index (Phi) is 14.9. The average molecular weight is 792 g/mol. The smallest absolute Gasteiger partial charge is 0.410 e. The second-order valence-electron chi connectivity index (χ2n) is 19.9. The number of ether oxygens (including phenoxy) is 4. The molecule has 2 heterocycles. The van der Waals surface area contributed by atoms with Crippen LogP contribution in [0.5, 0.6) is 0 Å². The molecule has 1 N–H and O–H groups in total. The van der Waals surface area contributed by atoms with Crippen molar-refractivity contribution in [2.45, 2.75) is 144 Å². The Hall–Kier alpha value is -4.12. The lowest BCUT2D eigenvalue weighted by Crippen LogP contribution is -2.38. The van der Waals surface area contributed by atoms with Gasteiger partial charge in [-0.25, -0.2) is 9.59 Å². The summed E-state index contributed by atoms with van der Waals surface area (Å²) in [7, 11) is 0. The lowest BCUT2D eigenvalue weighted by molar-refractivity contribution is -0.163. The zero-order chi connectivity index (χ0) is 42.3. The number of amides is 2. The molecule has 2 amide bonds. The Morgan fingerprint density at radius 3 is 1.23 bits per heavy atom. The Morgan fingerprint density at radius 1 is 0.561 bits per heavy atom. The van der Waals surface area contributed by atoms with Gasteiger partial charge >= 0.3 is 24.1 Å². The fourth-order valence-electron chi connectivity index (χ4n) is 7.45. The van der Waals surface area contributed by atoms with E-state index in [1.807, 2.05) is 107 Å². The molecule has 4 rings (SSSR count). The van der Waals surface area contributed by atoms with Crippen LogP contribution in [0.3, 0.4) is 0 Å². The summed E-state index contributed by atoms with van der Waals surface area (Å²) in [5.41, 5.74) is 1.82. The first-order chi connectivity index (χ1) is 26.3. The molecule has 4 atom stereocenters. The van der Waals surface area contributed by atoms with Crippen molar-refractivity contribution in [3.63, 3.8) is 0 Å². The van der Waals surface area contributed by atoms with Crippen molar-refractivity contribution in [2.24, 2.45) is 23.7 Å². The molecule has 2 aliphatic rings. The Balaban J connectivity index is 1.40. The van der Waals surface area contributed by atoms with Crippen LogP contribution in [0.15, 0.2) is 48.5 Å². The number of nitrogens with zero attached hydrogens (tertiary/aromatic N) is 2. The zero-order valence-electron chi connectivity index (χ0n) is 36.7. The molecule has 11 heteroatoms. The normalized spacial score (nSPS) is 18.9. The van der Waals surface area contributed by atoms with Gasteiger partial charge in [0.2, 0.25) is 0 Å². The van der Waals surface area contributed by atoms with Gasteiger partial charge in [-0.05, 0) is 143 Å². The van der Waals surface area contributed by atoms with Crippen LogP contribution in [-0.4, -0.2) is 82.5 Å². The highest BCUT2D eigenvalue weighted by molar-refractivity contribution is 5.75. The number of nitrogens with one attached hydrogen (secondary N) is 1. The van der Waals surface area contributed by atoms with E-state index in [-0.39, 0.29) is 36.0 Å². The molecule has 2 aliphatic heterocycles. The minimum absolute atomic E-state index is 0.0473. The molecular weight excluding hydrogens is 723 g/mol. The number of hydrogen-bond acceptors (Lipinski definition) is 9. The molecule has 0 spiro atoms. The molecule has 0 radical (unpaired) electrons. The van der Waals surface area contributed by atoms with Crippen molar-refractivity contribution in [3.05, 3.63) is 70.8 Å². The van der Waals surface area contributed by atoms with E-state index >= 15 is 0 Å². The van der Waals surface area contributed by atoms with E-state index < -0.39 is 34.2 Å². The van der Waals surface area contributed by atoms with Gasteiger partial charge < -0.3 is 34.1 Å². The van der Waals surface area contributed by atoms with Crippen LogP contribution < -0.4 is 5.32 Å². The Bertz CT molecular complexity index is 1570. The fraction of sp³-hybridized carbons (Fsp3) is 0.652. The molecule has 0 aromatic heterocycles. The quantitative estimate of drug-likeness (QED) is 0.167. The van der Waals surface area contributed by atoms with E-state index in [2.05, 4.69) is 29.6 Å². The number of hydrogen-bond donors (Lipinski definition) is 1. The lowest BCUT2D eigenvalue weighted by Gasteiger charge is -2.28. The number of carbonyl (C=O) groups excluding carboxylic acids is 4. The highest BCUT2D eigenvalue weighted by Crippen LogP contribution is 2.33. The lowest BCUT2D eigenvalue weighted by atomic mass is 9.85.